The van der Waals surface area contributed by atoms with Crippen LogP contribution in [0, 0.1) is 10.1 Å². The van der Waals surface area contributed by atoms with Crippen LogP contribution >= 0.6 is 0 Å². The molecule has 0 spiro atoms. The molecule has 3 aromatic carbocycles. The number of hydrogen-bond donors (Lipinski definition) is 1. The van der Waals surface area contributed by atoms with Crippen molar-refractivity contribution in [3.63, 3.8) is 0 Å². The number of hydrogen-bond acceptors (Lipinski definition) is 5. The molecule has 154 valence electrons. The highest BCUT2D eigenvalue weighted by Crippen LogP contribution is 2.40. The molecule has 3 aromatic rings. The van der Waals surface area contributed by atoms with Gasteiger partial charge in [0.1, 0.15) is 5.76 Å². The van der Waals surface area contributed by atoms with E-state index in [9.17, 15) is 24.8 Å². The number of carbonyl (C=O) groups is 2. The molecule has 1 aliphatic rings. The van der Waals surface area contributed by atoms with E-state index >= 15 is 0 Å². The van der Waals surface area contributed by atoms with Crippen molar-refractivity contribution in [2.75, 3.05) is 0 Å². The van der Waals surface area contributed by atoms with Crippen LogP contribution in [0.1, 0.15) is 22.7 Å². The van der Waals surface area contributed by atoms with Crippen LogP contribution in [0.5, 0.6) is 0 Å². The van der Waals surface area contributed by atoms with E-state index in [0.717, 1.165) is 5.56 Å². The normalized spacial score (nSPS) is 17.7. The van der Waals surface area contributed by atoms with Crippen molar-refractivity contribution in [2.45, 2.75) is 12.6 Å². The lowest BCUT2D eigenvalue weighted by Crippen LogP contribution is -2.29. The zero-order chi connectivity index (χ0) is 22.0. The molecule has 31 heavy (non-hydrogen) atoms. The van der Waals surface area contributed by atoms with E-state index in [1.54, 1.807) is 30.3 Å². The molecule has 7 nitrogen and oxygen atoms in total. The summed E-state index contributed by atoms with van der Waals surface area (Å²) in [6.45, 7) is 0.151. The molecule has 4 rings (SSSR count). The monoisotopic (exact) mass is 414 g/mol. The number of Topliss-reactive ketones (excluding diaryl/α,β-unsaturated/α-hetero) is 1. The minimum absolute atomic E-state index is 0.0408. The number of aliphatic hydroxyl groups is 1. The molecule has 7 heteroatoms. The maximum atomic E-state index is 13.0. The minimum Gasteiger partial charge on any atom is -0.507 e. The fourth-order valence-corrected chi connectivity index (χ4v) is 3.70. The fraction of sp³-hybridized carbons (Fsp3) is 0.0833. The van der Waals surface area contributed by atoms with Crippen molar-refractivity contribution < 1.29 is 19.6 Å². The van der Waals surface area contributed by atoms with E-state index in [-0.39, 0.29) is 23.6 Å². The Morgan fingerprint density at radius 3 is 2.06 bits per heavy atom. The van der Waals surface area contributed by atoms with E-state index in [1.165, 1.54) is 29.2 Å². The molecule has 0 radical (unpaired) electrons. The van der Waals surface area contributed by atoms with Gasteiger partial charge in [-0.3, -0.25) is 19.7 Å². The first-order valence-corrected chi connectivity index (χ1v) is 9.59. The fourth-order valence-electron chi connectivity index (χ4n) is 3.70. The van der Waals surface area contributed by atoms with Gasteiger partial charge in [0, 0.05) is 24.2 Å². The zero-order valence-corrected chi connectivity index (χ0v) is 16.3. The highest BCUT2D eigenvalue weighted by atomic mass is 16.6. The summed E-state index contributed by atoms with van der Waals surface area (Å²) in [7, 11) is 0. The largest absolute Gasteiger partial charge is 0.507 e. The van der Waals surface area contributed by atoms with E-state index < -0.39 is 22.7 Å². The Morgan fingerprint density at radius 2 is 1.48 bits per heavy atom. The highest BCUT2D eigenvalue weighted by molar-refractivity contribution is 6.46. The Hall–Kier alpha value is -4.26. The quantitative estimate of drug-likeness (QED) is 0.222. The van der Waals surface area contributed by atoms with Gasteiger partial charge in [-0.05, 0) is 23.3 Å². The van der Waals surface area contributed by atoms with E-state index in [1.807, 2.05) is 30.3 Å². The van der Waals surface area contributed by atoms with Crippen LogP contribution in [0.25, 0.3) is 5.76 Å². The first kappa shape index (κ1) is 20.0. The predicted octanol–water partition coefficient (Wildman–Crippen LogP) is 4.22. The third-order valence-electron chi connectivity index (χ3n) is 5.20. The Kier molecular flexibility index (Phi) is 5.32. The van der Waals surface area contributed by atoms with Crippen LogP contribution in [0.15, 0.2) is 90.5 Å². The van der Waals surface area contributed by atoms with E-state index in [0.29, 0.717) is 11.1 Å². The second-order valence-electron chi connectivity index (χ2n) is 7.13. The minimum atomic E-state index is -0.874. The standard InChI is InChI=1S/C24H18N2O5/c27-22(18-9-5-2-6-10-18)20-21(17-11-13-19(14-12-17)26(30)31)25(24(29)23(20)28)15-16-7-3-1-4-8-16/h1-14,21,27H,15H2/t21-/m1/s1. The van der Waals surface area contributed by atoms with Crippen molar-refractivity contribution in [3.05, 3.63) is 117 Å². The Labute approximate surface area is 178 Å². The second kappa shape index (κ2) is 8.23. The third-order valence-corrected chi connectivity index (χ3v) is 5.20. The van der Waals surface area contributed by atoms with Crippen molar-refractivity contribution >= 4 is 23.1 Å². The zero-order valence-electron chi connectivity index (χ0n) is 16.3. The van der Waals surface area contributed by atoms with Crippen LogP contribution in [0.3, 0.4) is 0 Å². The first-order valence-electron chi connectivity index (χ1n) is 9.59. The smallest absolute Gasteiger partial charge is 0.295 e. The predicted molar refractivity (Wildman–Crippen MR) is 114 cm³/mol. The van der Waals surface area contributed by atoms with Gasteiger partial charge in [-0.25, -0.2) is 0 Å². The molecule has 1 amide bonds. The molecule has 1 aliphatic heterocycles. The highest BCUT2D eigenvalue weighted by Gasteiger charge is 2.46. The maximum absolute atomic E-state index is 13.0. The number of non-ortho nitro benzene ring substituents is 1. The molecule has 0 unspecified atom stereocenters. The third kappa shape index (κ3) is 3.81. The Morgan fingerprint density at radius 1 is 0.903 bits per heavy atom. The molecule has 1 atom stereocenters. The van der Waals surface area contributed by atoms with Gasteiger partial charge in [-0.15, -0.1) is 0 Å². The average molecular weight is 414 g/mol. The summed E-state index contributed by atoms with van der Waals surface area (Å²) in [5, 5.41) is 22.0. The number of likely N-dealkylation sites (tertiary alicyclic amines) is 1. The van der Waals surface area contributed by atoms with E-state index in [2.05, 4.69) is 0 Å². The number of nitro benzene ring substituents is 1. The van der Waals surface area contributed by atoms with Crippen molar-refractivity contribution in [1.29, 1.82) is 0 Å². The SMILES string of the molecule is O=C1C(=O)N(Cc2ccccc2)[C@H](c2ccc([N+](=O)[O-])cc2)C1=C(O)c1ccccc1. The van der Waals surface area contributed by atoms with Gasteiger partial charge in [-0.2, -0.15) is 0 Å². The number of amides is 1. The van der Waals surface area contributed by atoms with Gasteiger partial charge < -0.3 is 10.0 Å². The molecular formula is C24H18N2O5. The molecule has 0 aliphatic carbocycles. The Balaban J connectivity index is 1.85. The molecule has 1 N–H and O–H groups in total. The van der Waals surface area contributed by atoms with Gasteiger partial charge in [0.2, 0.25) is 0 Å². The number of aliphatic hydroxyl groups excluding tert-OH is 1. The van der Waals surface area contributed by atoms with Crippen molar-refractivity contribution in [1.82, 2.24) is 4.90 Å². The van der Waals surface area contributed by atoms with Crippen molar-refractivity contribution in [2.24, 2.45) is 0 Å². The second-order valence-corrected chi connectivity index (χ2v) is 7.13. The summed E-state index contributed by atoms with van der Waals surface area (Å²) in [5.74, 6) is -1.80. The lowest BCUT2D eigenvalue weighted by atomic mass is 9.95. The number of benzene rings is 3. The number of nitro groups is 1. The summed E-state index contributed by atoms with van der Waals surface area (Å²) in [5.41, 5.74) is 1.58. The molecule has 1 saturated heterocycles. The summed E-state index contributed by atoms with van der Waals surface area (Å²) in [4.78, 5) is 37.8. The lowest BCUT2D eigenvalue weighted by molar-refractivity contribution is -0.384. The number of nitrogens with zero attached hydrogens (tertiary/aromatic N) is 2. The first-order chi connectivity index (χ1) is 15.0. The summed E-state index contributed by atoms with van der Waals surface area (Å²) < 4.78 is 0. The average Bonchev–Trinajstić information content (AvgIpc) is 3.05. The van der Waals surface area contributed by atoms with Gasteiger partial charge in [0.05, 0.1) is 16.5 Å². The van der Waals surface area contributed by atoms with Crippen LogP contribution in [0.4, 0.5) is 5.69 Å². The summed E-state index contributed by atoms with van der Waals surface area (Å²) in [6, 6.07) is 22.5. The van der Waals surface area contributed by atoms with Crippen LogP contribution < -0.4 is 0 Å². The van der Waals surface area contributed by atoms with Crippen molar-refractivity contribution in [3.8, 4) is 0 Å². The van der Waals surface area contributed by atoms with Gasteiger partial charge in [0.15, 0.2) is 0 Å². The van der Waals surface area contributed by atoms with E-state index in [4.69, 9.17) is 0 Å². The summed E-state index contributed by atoms with van der Waals surface area (Å²) >= 11 is 0. The maximum Gasteiger partial charge on any atom is 0.295 e. The number of ketones is 1. The summed E-state index contributed by atoms with van der Waals surface area (Å²) in [6.07, 6.45) is 0. The molecule has 1 heterocycles. The Bertz CT molecular complexity index is 1170. The van der Waals surface area contributed by atoms with Crippen LogP contribution in [-0.4, -0.2) is 26.6 Å². The molecule has 1 fully saturated rings. The van der Waals surface area contributed by atoms with Crippen LogP contribution in [0.2, 0.25) is 0 Å². The number of carbonyl (C=O) groups excluding carboxylic acids is 2. The van der Waals surface area contributed by atoms with Gasteiger partial charge >= 0.3 is 0 Å². The van der Waals surface area contributed by atoms with Gasteiger partial charge in [-0.1, -0.05) is 60.7 Å². The van der Waals surface area contributed by atoms with Gasteiger partial charge in [0.25, 0.3) is 17.4 Å². The topological polar surface area (TPSA) is 101 Å². The molecule has 0 saturated carbocycles. The molecule has 0 aromatic heterocycles. The number of rotatable bonds is 5. The lowest BCUT2D eigenvalue weighted by Gasteiger charge is -2.25. The van der Waals surface area contributed by atoms with Crippen LogP contribution in [-0.2, 0) is 16.1 Å². The molecule has 0 bridgehead atoms. The molecular weight excluding hydrogens is 396 g/mol.